The first kappa shape index (κ1) is 22.9. The number of aromatic nitrogens is 1. The molecule has 1 saturated heterocycles. The minimum Gasteiger partial charge on any atom is -0.357 e. The highest BCUT2D eigenvalue weighted by Gasteiger charge is 2.57. The number of anilines is 1. The Morgan fingerprint density at radius 1 is 0.824 bits per heavy atom. The van der Waals surface area contributed by atoms with Crippen molar-refractivity contribution in [3.63, 3.8) is 0 Å². The van der Waals surface area contributed by atoms with Gasteiger partial charge in [0.25, 0.3) is 0 Å². The van der Waals surface area contributed by atoms with Crippen molar-refractivity contribution < 1.29 is 9.59 Å². The van der Waals surface area contributed by atoms with Crippen LogP contribution in [0, 0.1) is 11.8 Å². The van der Waals surface area contributed by atoms with E-state index < -0.39 is 5.92 Å². The van der Waals surface area contributed by atoms with Gasteiger partial charge in [-0.05, 0) is 42.0 Å². The Morgan fingerprint density at radius 3 is 2.26 bits per heavy atom. The third-order valence-electron chi connectivity index (χ3n) is 8.15. The number of amides is 2. The molecule has 2 aromatic carbocycles. The normalized spacial score (nSPS) is 24.0. The lowest BCUT2D eigenvalue weighted by atomic mass is 9.65. The van der Waals surface area contributed by atoms with Gasteiger partial charge in [0.05, 0.1) is 17.5 Å². The topological polar surface area (TPSA) is 53.2 Å². The molecule has 1 aromatic heterocycles. The second-order valence-electron chi connectivity index (χ2n) is 10.2. The molecule has 178 valence electrons. The molecule has 1 fully saturated rings. The summed E-state index contributed by atoms with van der Waals surface area (Å²) in [5.74, 6) is -0.391. The van der Waals surface area contributed by atoms with Gasteiger partial charge in [-0.3, -0.25) is 9.59 Å². The zero-order chi connectivity index (χ0) is 23.7. The molecule has 1 N–H and O–H groups in total. The summed E-state index contributed by atoms with van der Waals surface area (Å²) >= 11 is 0. The highest BCUT2D eigenvalue weighted by atomic mass is 16.2. The maximum Gasteiger partial charge on any atom is 0.243 e. The van der Waals surface area contributed by atoms with E-state index in [2.05, 4.69) is 37.0 Å². The van der Waals surface area contributed by atoms with E-state index in [0.29, 0.717) is 5.69 Å². The van der Waals surface area contributed by atoms with Crippen LogP contribution in [0.25, 0.3) is 10.9 Å². The van der Waals surface area contributed by atoms with Crippen LogP contribution in [0.3, 0.4) is 0 Å². The van der Waals surface area contributed by atoms with Crippen molar-refractivity contribution in [3.8, 4) is 0 Å². The van der Waals surface area contributed by atoms with E-state index in [4.69, 9.17) is 0 Å². The number of hydrogen-bond donors (Lipinski definition) is 1. The van der Waals surface area contributed by atoms with Crippen LogP contribution < -0.4 is 4.90 Å². The van der Waals surface area contributed by atoms with Crippen LogP contribution in [-0.4, -0.2) is 16.8 Å². The molecular formula is C30H36N2O2. The van der Waals surface area contributed by atoms with Crippen LogP contribution in [0.4, 0.5) is 5.69 Å². The fourth-order valence-corrected chi connectivity index (χ4v) is 6.47. The van der Waals surface area contributed by atoms with Crippen molar-refractivity contribution in [1.82, 2.24) is 4.98 Å². The Kier molecular flexibility index (Phi) is 6.58. The van der Waals surface area contributed by atoms with Crippen molar-refractivity contribution in [2.75, 3.05) is 4.90 Å². The first-order valence-corrected chi connectivity index (χ1v) is 13.2. The minimum absolute atomic E-state index is 0.0229. The Bertz CT molecular complexity index is 1170. The quantitative estimate of drug-likeness (QED) is 0.271. The van der Waals surface area contributed by atoms with Gasteiger partial charge in [-0.25, -0.2) is 4.90 Å². The first-order valence-electron chi connectivity index (χ1n) is 13.2. The van der Waals surface area contributed by atoms with Crippen LogP contribution >= 0.6 is 0 Å². The predicted octanol–water partition coefficient (Wildman–Crippen LogP) is 7.32. The van der Waals surface area contributed by atoms with Crippen LogP contribution in [-0.2, 0) is 9.59 Å². The van der Waals surface area contributed by atoms with Crippen molar-refractivity contribution in [2.24, 2.45) is 11.8 Å². The van der Waals surface area contributed by atoms with Gasteiger partial charge >= 0.3 is 0 Å². The summed E-state index contributed by atoms with van der Waals surface area (Å²) in [4.78, 5) is 32.7. The lowest BCUT2D eigenvalue weighted by Crippen LogP contribution is -2.35. The maximum absolute atomic E-state index is 13.8. The molecule has 0 unspecified atom stereocenters. The number of hydrogen-bond acceptors (Lipinski definition) is 2. The van der Waals surface area contributed by atoms with E-state index in [1.165, 1.54) is 54.4 Å². The molecular weight excluding hydrogens is 420 g/mol. The van der Waals surface area contributed by atoms with E-state index in [9.17, 15) is 9.59 Å². The Labute approximate surface area is 202 Å². The zero-order valence-corrected chi connectivity index (χ0v) is 20.4. The van der Waals surface area contributed by atoms with Crippen LogP contribution in [0.15, 0.2) is 54.6 Å². The standard InChI is InChI=1S/C30H36N2O2/c1-3-4-5-6-7-8-12-17-22-20(2)25-23-18-13-14-19-24(23)31-28(25)27-26(22)29(33)32(30(27)34)21-15-10-9-11-16-21/h9-11,13-16,18-20,22,26-27,31H,3-8,12,17H2,1-2H3/t20-,22+,26+,27+/m0/s1. The summed E-state index contributed by atoms with van der Waals surface area (Å²) in [6.45, 7) is 4.52. The number of carbonyl (C=O) groups excluding carboxylic acids is 2. The molecule has 34 heavy (non-hydrogen) atoms. The first-order chi connectivity index (χ1) is 16.6. The third kappa shape index (κ3) is 3.87. The third-order valence-corrected chi connectivity index (χ3v) is 8.15. The van der Waals surface area contributed by atoms with Crippen molar-refractivity contribution in [1.29, 1.82) is 0 Å². The number of fused-ring (bicyclic) bond motifs is 5. The second kappa shape index (κ2) is 9.77. The second-order valence-corrected chi connectivity index (χ2v) is 10.2. The Balaban J connectivity index is 1.47. The van der Waals surface area contributed by atoms with Crippen molar-refractivity contribution in [2.45, 2.75) is 77.0 Å². The molecule has 0 spiro atoms. The van der Waals surface area contributed by atoms with Gasteiger partial charge in [0.1, 0.15) is 0 Å². The Morgan fingerprint density at radius 2 is 1.50 bits per heavy atom. The summed E-state index contributed by atoms with van der Waals surface area (Å²) in [7, 11) is 0. The number of nitrogens with one attached hydrogen (secondary N) is 1. The van der Waals surface area contributed by atoms with E-state index in [-0.39, 0.29) is 29.6 Å². The van der Waals surface area contributed by atoms with E-state index in [0.717, 1.165) is 24.1 Å². The molecule has 2 heterocycles. The van der Waals surface area contributed by atoms with Gasteiger partial charge in [0, 0.05) is 16.6 Å². The summed E-state index contributed by atoms with van der Waals surface area (Å²) < 4.78 is 0. The number of rotatable bonds is 9. The van der Waals surface area contributed by atoms with Gasteiger partial charge in [0.15, 0.2) is 0 Å². The van der Waals surface area contributed by atoms with Crippen LogP contribution in [0.5, 0.6) is 0 Å². The monoisotopic (exact) mass is 456 g/mol. The van der Waals surface area contributed by atoms with Gasteiger partial charge in [-0.1, -0.05) is 95.2 Å². The predicted molar refractivity (Wildman–Crippen MR) is 138 cm³/mol. The smallest absolute Gasteiger partial charge is 0.243 e. The highest BCUT2D eigenvalue weighted by molar-refractivity contribution is 6.24. The number of carbonyl (C=O) groups is 2. The molecule has 5 rings (SSSR count). The number of H-pyrrole nitrogens is 1. The lowest BCUT2D eigenvalue weighted by Gasteiger charge is -2.36. The summed E-state index contributed by atoms with van der Waals surface area (Å²) in [5.41, 5.74) is 3.96. The molecule has 1 aliphatic heterocycles. The number of imide groups is 1. The van der Waals surface area contributed by atoms with Gasteiger partial charge in [-0.2, -0.15) is 0 Å². The fraction of sp³-hybridized carbons (Fsp3) is 0.467. The van der Waals surface area contributed by atoms with E-state index >= 15 is 0 Å². The molecule has 2 amide bonds. The van der Waals surface area contributed by atoms with Gasteiger partial charge < -0.3 is 4.98 Å². The molecule has 4 nitrogen and oxygen atoms in total. The molecule has 4 heteroatoms. The fourth-order valence-electron chi connectivity index (χ4n) is 6.47. The summed E-state index contributed by atoms with van der Waals surface area (Å²) in [5, 5.41) is 1.20. The minimum atomic E-state index is -0.416. The van der Waals surface area contributed by atoms with Crippen molar-refractivity contribution in [3.05, 3.63) is 65.9 Å². The largest absolute Gasteiger partial charge is 0.357 e. The van der Waals surface area contributed by atoms with E-state index in [1.807, 2.05) is 36.4 Å². The molecule has 3 aromatic rings. The molecule has 2 aliphatic rings. The maximum atomic E-state index is 13.8. The number of aromatic amines is 1. The van der Waals surface area contributed by atoms with Crippen molar-refractivity contribution >= 4 is 28.4 Å². The highest BCUT2D eigenvalue weighted by Crippen LogP contribution is 2.54. The summed E-state index contributed by atoms with van der Waals surface area (Å²) in [6.07, 6.45) is 9.78. The summed E-state index contributed by atoms with van der Waals surface area (Å²) in [6, 6.07) is 17.8. The van der Waals surface area contributed by atoms with Gasteiger partial charge in [0.2, 0.25) is 11.8 Å². The van der Waals surface area contributed by atoms with Gasteiger partial charge in [-0.15, -0.1) is 0 Å². The number of benzene rings is 2. The Hall–Kier alpha value is -2.88. The molecule has 0 radical (unpaired) electrons. The lowest BCUT2D eigenvalue weighted by molar-refractivity contribution is -0.123. The molecule has 4 atom stereocenters. The zero-order valence-electron chi connectivity index (χ0n) is 20.4. The van der Waals surface area contributed by atoms with Crippen LogP contribution in [0.2, 0.25) is 0 Å². The average Bonchev–Trinajstić information content (AvgIpc) is 3.36. The molecule has 0 bridgehead atoms. The molecule has 1 aliphatic carbocycles. The average molecular weight is 457 g/mol. The number of unbranched alkanes of at least 4 members (excludes halogenated alkanes) is 6. The number of para-hydroxylation sites is 2. The van der Waals surface area contributed by atoms with E-state index in [1.54, 1.807) is 0 Å². The number of nitrogens with zero attached hydrogens (tertiary/aromatic N) is 1. The SMILES string of the molecule is CCCCCCCCC[C@H]1[C@H]2C(=O)N(c3ccccc3)C(=O)[C@H]2c2[nH]c3ccccc3c2[C@H]1C. The van der Waals surface area contributed by atoms with Crippen LogP contribution in [0.1, 0.15) is 88.3 Å². The molecule has 0 saturated carbocycles.